The molecule has 0 fully saturated rings. The van der Waals surface area contributed by atoms with E-state index in [-0.39, 0.29) is 11.8 Å². The number of aromatic amines is 1. The number of nitrogens with two attached hydrogens (primary N) is 1. The summed E-state index contributed by atoms with van der Waals surface area (Å²) in [7, 11) is 0. The van der Waals surface area contributed by atoms with Crippen molar-refractivity contribution < 1.29 is 4.74 Å². The van der Waals surface area contributed by atoms with Gasteiger partial charge in [-0.05, 0) is 23.6 Å². The summed E-state index contributed by atoms with van der Waals surface area (Å²) in [6.45, 7) is 0. The molecule has 0 saturated heterocycles. The molecule has 0 saturated carbocycles. The molecular formula is C17H11BrN4OS. The molecule has 2 aromatic heterocycles. The lowest BCUT2D eigenvalue weighted by atomic mass is 9.87. The Labute approximate surface area is 150 Å². The van der Waals surface area contributed by atoms with Crippen LogP contribution in [0.25, 0.3) is 11.3 Å². The highest BCUT2D eigenvalue weighted by Gasteiger charge is 2.36. The van der Waals surface area contributed by atoms with Crippen LogP contribution >= 0.6 is 27.3 Å². The minimum atomic E-state index is -0.281. The van der Waals surface area contributed by atoms with Crippen LogP contribution in [-0.4, -0.2) is 10.2 Å². The Balaban J connectivity index is 1.94. The van der Waals surface area contributed by atoms with Gasteiger partial charge in [0.1, 0.15) is 11.6 Å². The number of nitriles is 1. The summed E-state index contributed by atoms with van der Waals surface area (Å²) in [5.74, 6) is 0.247. The summed E-state index contributed by atoms with van der Waals surface area (Å²) in [4.78, 5) is 1.03. The number of halogens is 1. The molecule has 0 amide bonds. The Hall–Kier alpha value is -2.56. The van der Waals surface area contributed by atoms with Crippen molar-refractivity contribution in [3.05, 3.63) is 68.1 Å². The van der Waals surface area contributed by atoms with E-state index in [0.29, 0.717) is 11.5 Å². The number of nitrogens with zero attached hydrogens (tertiary/aromatic N) is 2. The number of H-pyrrole nitrogens is 1. The highest BCUT2D eigenvalue weighted by atomic mass is 79.9. The van der Waals surface area contributed by atoms with E-state index in [2.05, 4.69) is 32.2 Å². The molecule has 7 heteroatoms. The molecule has 0 aliphatic carbocycles. The largest absolute Gasteiger partial charge is 0.420 e. The molecule has 1 atom stereocenters. The molecule has 0 unspecified atom stereocenters. The molecule has 0 spiro atoms. The monoisotopic (exact) mass is 398 g/mol. The number of fused-ring (bicyclic) bond motifs is 1. The third kappa shape index (κ3) is 2.31. The number of ether oxygens (including phenoxy) is 1. The van der Waals surface area contributed by atoms with Gasteiger partial charge in [-0.15, -0.1) is 16.4 Å². The van der Waals surface area contributed by atoms with E-state index >= 15 is 0 Å². The number of nitrogens with one attached hydrogen (secondary N) is 1. The molecule has 24 heavy (non-hydrogen) atoms. The Morgan fingerprint density at radius 2 is 2.08 bits per heavy atom. The van der Waals surface area contributed by atoms with Gasteiger partial charge in [-0.2, -0.15) is 5.26 Å². The van der Waals surface area contributed by atoms with Gasteiger partial charge in [0.05, 0.1) is 17.2 Å². The fraction of sp³-hybridized carbons (Fsp3) is 0.0588. The second-order valence-electron chi connectivity index (χ2n) is 5.26. The van der Waals surface area contributed by atoms with Crippen molar-refractivity contribution in [2.24, 2.45) is 5.73 Å². The third-order valence-electron chi connectivity index (χ3n) is 3.90. The Morgan fingerprint density at radius 1 is 1.29 bits per heavy atom. The molecule has 1 aliphatic rings. The second-order valence-corrected chi connectivity index (χ2v) is 7.16. The Bertz CT molecular complexity index is 967. The van der Waals surface area contributed by atoms with E-state index < -0.39 is 0 Å². The molecular weight excluding hydrogens is 388 g/mol. The summed E-state index contributed by atoms with van der Waals surface area (Å²) in [5, 5.41) is 18.9. The zero-order valence-corrected chi connectivity index (χ0v) is 14.7. The van der Waals surface area contributed by atoms with Crippen LogP contribution in [0, 0.1) is 11.3 Å². The van der Waals surface area contributed by atoms with Crippen molar-refractivity contribution in [1.82, 2.24) is 10.2 Å². The Kier molecular flexibility index (Phi) is 3.63. The first-order valence-electron chi connectivity index (χ1n) is 7.14. The summed E-state index contributed by atoms with van der Waals surface area (Å²) in [5.41, 5.74) is 8.99. The fourth-order valence-electron chi connectivity index (χ4n) is 2.82. The maximum atomic E-state index is 9.59. The van der Waals surface area contributed by atoms with Crippen molar-refractivity contribution in [2.75, 3.05) is 0 Å². The van der Waals surface area contributed by atoms with Gasteiger partial charge in [0.2, 0.25) is 11.8 Å². The van der Waals surface area contributed by atoms with Gasteiger partial charge < -0.3 is 10.5 Å². The van der Waals surface area contributed by atoms with E-state index in [1.54, 1.807) is 11.3 Å². The van der Waals surface area contributed by atoms with Crippen LogP contribution in [0.5, 0.6) is 5.88 Å². The molecule has 0 radical (unpaired) electrons. The number of hydrogen-bond acceptors (Lipinski definition) is 5. The second kappa shape index (κ2) is 5.82. The first-order valence-corrected chi connectivity index (χ1v) is 8.81. The first-order chi connectivity index (χ1) is 11.7. The molecule has 0 bridgehead atoms. The SMILES string of the molecule is N#CC1=C(N)Oc2n[nH]c(-c3ccc(Br)cc3)c2[C@H]1c1cccs1. The fourth-order valence-corrected chi connectivity index (χ4v) is 3.93. The highest BCUT2D eigenvalue weighted by molar-refractivity contribution is 9.10. The van der Waals surface area contributed by atoms with Crippen molar-refractivity contribution in [1.29, 1.82) is 5.26 Å². The maximum absolute atomic E-state index is 9.59. The zero-order chi connectivity index (χ0) is 16.7. The third-order valence-corrected chi connectivity index (χ3v) is 5.37. The van der Waals surface area contributed by atoms with Crippen molar-refractivity contribution in [2.45, 2.75) is 5.92 Å². The predicted octanol–water partition coefficient (Wildman–Crippen LogP) is 4.12. The maximum Gasteiger partial charge on any atom is 0.244 e. The van der Waals surface area contributed by atoms with Gasteiger partial charge in [0.15, 0.2) is 0 Å². The van der Waals surface area contributed by atoms with Crippen LogP contribution in [0.4, 0.5) is 0 Å². The van der Waals surface area contributed by atoms with Crippen LogP contribution in [0.2, 0.25) is 0 Å². The standard InChI is InChI=1S/C17H11BrN4OS/c18-10-5-3-9(4-6-10)15-14-13(12-2-1-7-24-12)11(8-19)16(20)23-17(14)22-21-15/h1-7,13H,20H2,(H,21,22)/t13-/m1/s1. The molecule has 3 heterocycles. The molecule has 1 aliphatic heterocycles. The van der Waals surface area contributed by atoms with Gasteiger partial charge in [-0.1, -0.05) is 34.1 Å². The van der Waals surface area contributed by atoms with Crippen molar-refractivity contribution in [3.8, 4) is 23.2 Å². The van der Waals surface area contributed by atoms with Crippen LogP contribution in [0.1, 0.15) is 16.4 Å². The minimum absolute atomic E-state index is 0.109. The number of thiophene rings is 1. The number of aromatic nitrogens is 2. The molecule has 1 aromatic carbocycles. The normalized spacial score (nSPS) is 16.4. The van der Waals surface area contributed by atoms with Crippen LogP contribution in [-0.2, 0) is 0 Å². The number of allylic oxidation sites excluding steroid dienone is 1. The predicted molar refractivity (Wildman–Crippen MR) is 95.3 cm³/mol. The Morgan fingerprint density at radius 3 is 2.75 bits per heavy atom. The van der Waals surface area contributed by atoms with Gasteiger partial charge in [-0.25, -0.2) is 0 Å². The first kappa shape index (κ1) is 15.0. The van der Waals surface area contributed by atoms with Gasteiger partial charge in [0.25, 0.3) is 0 Å². The summed E-state index contributed by atoms with van der Waals surface area (Å²) < 4.78 is 6.57. The number of benzene rings is 1. The van der Waals surface area contributed by atoms with Gasteiger partial charge in [-0.3, -0.25) is 5.10 Å². The van der Waals surface area contributed by atoms with E-state index in [1.807, 2.05) is 41.8 Å². The molecule has 3 N–H and O–H groups in total. The van der Waals surface area contributed by atoms with Gasteiger partial charge in [0, 0.05) is 14.9 Å². The van der Waals surface area contributed by atoms with Gasteiger partial charge >= 0.3 is 0 Å². The average Bonchev–Trinajstić information content (AvgIpc) is 3.24. The number of hydrogen-bond donors (Lipinski definition) is 2. The molecule has 4 rings (SSSR count). The topological polar surface area (TPSA) is 87.7 Å². The summed E-state index contributed by atoms with van der Waals surface area (Å²) >= 11 is 5.02. The lowest BCUT2D eigenvalue weighted by Crippen LogP contribution is -2.20. The van der Waals surface area contributed by atoms with E-state index in [9.17, 15) is 5.26 Å². The molecule has 5 nitrogen and oxygen atoms in total. The van der Waals surface area contributed by atoms with Crippen LogP contribution in [0.15, 0.2) is 57.7 Å². The zero-order valence-electron chi connectivity index (χ0n) is 12.3. The highest BCUT2D eigenvalue weighted by Crippen LogP contribution is 2.46. The smallest absolute Gasteiger partial charge is 0.244 e. The summed E-state index contributed by atoms with van der Waals surface area (Å²) in [6, 6.07) is 14.0. The quantitative estimate of drug-likeness (QED) is 0.679. The summed E-state index contributed by atoms with van der Waals surface area (Å²) in [6.07, 6.45) is 0. The average molecular weight is 399 g/mol. The van der Waals surface area contributed by atoms with E-state index in [0.717, 1.165) is 26.2 Å². The van der Waals surface area contributed by atoms with E-state index in [4.69, 9.17) is 10.5 Å². The lowest BCUT2D eigenvalue weighted by molar-refractivity contribution is 0.379. The van der Waals surface area contributed by atoms with Crippen molar-refractivity contribution >= 4 is 27.3 Å². The molecule has 118 valence electrons. The van der Waals surface area contributed by atoms with E-state index in [1.165, 1.54) is 0 Å². The number of rotatable bonds is 2. The minimum Gasteiger partial charge on any atom is -0.420 e. The van der Waals surface area contributed by atoms with Crippen molar-refractivity contribution in [3.63, 3.8) is 0 Å². The van der Waals surface area contributed by atoms with Crippen LogP contribution in [0.3, 0.4) is 0 Å². The lowest BCUT2D eigenvalue weighted by Gasteiger charge is -2.22. The van der Waals surface area contributed by atoms with Crippen LogP contribution < -0.4 is 10.5 Å². The molecule has 3 aromatic rings.